The van der Waals surface area contributed by atoms with E-state index in [0.29, 0.717) is 6.42 Å². The van der Waals surface area contributed by atoms with Gasteiger partial charge in [-0.1, -0.05) is 6.07 Å². The molecule has 0 radical (unpaired) electrons. The first kappa shape index (κ1) is 14.9. The van der Waals surface area contributed by atoms with Gasteiger partial charge in [0.25, 0.3) is 0 Å². The van der Waals surface area contributed by atoms with Gasteiger partial charge in [0, 0.05) is 5.82 Å². The fraction of sp³-hybridized carbons (Fsp3) is 0.600. The van der Waals surface area contributed by atoms with E-state index in [2.05, 4.69) is 0 Å². The molecule has 3 rings (SSSR count). The molecule has 2 aliphatic rings. The summed E-state index contributed by atoms with van der Waals surface area (Å²) in [6.07, 6.45) is 0.652. The van der Waals surface area contributed by atoms with Gasteiger partial charge in [0.05, 0.1) is 11.2 Å². The Morgan fingerprint density at radius 1 is 1.00 bits per heavy atom. The molecule has 2 unspecified atom stereocenters. The molecule has 6 heteroatoms. The lowest BCUT2D eigenvalue weighted by Crippen LogP contribution is -2.41. The van der Waals surface area contributed by atoms with E-state index < -0.39 is 35.8 Å². The van der Waals surface area contributed by atoms with Crippen LogP contribution < -0.4 is 0 Å². The molecule has 2 fully saturated rings. The summed E-state index contributed by atoms with van der Waals surface area (Å²) in [5.41, 5.74) is -0.692. The van der Waals surface area contributed by atoms with Gasteiger partial charge in [0.15, 0.2) is 17.5 Å². The van der Waals surface area contributed by atoms with Crippen LogP contribution >= 0.6 is 0 Å². The minimum absolute atomic E-state index is 0.0228. The zero-order chi connectivity index (χ0) is 15.6. The van der Waals surface area contributed by atoms with Crippen molar-refractivity contribution in [3.05, 3.63) is 35.1 Å². The third-order valence-electron chi connectivity index (χ3n) is 4.93. The van der Waals surface area contributed by atoms with Crippen molar-refractivity contribution in [2.45, 2.75) is 57.1 Å². The lowest BCUT2D eigenvalue weighted by atomic mass is 9.79. The summed E-state index contributed by atoms with van der Waals surface area (Å²) in [6, 6.07) is 2.27. The summed E-state index contributed by atoms with van der Waals surface area (Å²) in [5.74, 6) is -3.88. The van der Waals surface area contributed by atoms with Gasteiger partial charge in [0.1, 0.15) is 0 Å². The van der Waals surface area contributed by atoms with Crippen LogP contribution in [-0.4, -0.2) is 18.3 Å². The second-order valence-electron chi connectivity index (χ2n) is 6.90. The Balaban J connectivity index is 1.78. The molecule has 0 bridgehead atoms. The third-order valence-corrected chi connectivity index (χ3v) is 4.93. The lowest BCUT2D eigenvalue weighted by molar-refractivity contribution is 0.00578. The Morgan fingerprint density at radius 2 is 1.57 bits per heavy atom. The van der Waals surface area contributed by atoms with Gasteiger partial charge in [-0.2, -0.15) is 0 Å². The van der Waals surface area contributed by atoms with Crippen LogP contribution in [0.1, 0.15) is 45.6 Å². The van der Waals surface area contributed by atoms with Crippen molar-refractivity contribution in [3.63, 3.8) is 0 Å². The molecule has 114 valence electrons. The van der Waals surface area contributed by atoms with E-state index in [1.807, 2.05) is 27.7 Å². The lowest BCUT2D eigenvalue weighted by Gasteiger charge is -2.32. The predicted molar refractivity (Wildman–Crippen MR) is 73.5 cm³/mol. The van der Waals surface area contributed by atoms with Crippen molar-refractivity contribution in [1.82, 2.24) is 0 Å². The van der Waals surface area contributed by atoms with Crippen LogP contribution in [0.15, 0.2) is 12.1 Å². The molecule has 1 aliphatic carbocycles. The van der Waals surface area contributed by atoms with Crippen molar-refractivity contribution in [1.29, 1.82) is 0 Å². The quantitative estimate of drug-likeness (QED) is 0.605. The van der Waals surface area contributed by atoms with Crippen LogP contribution in [0.2, 0.25) is 5.82 Å². The first-order valence-corrected chi connectivity index (χ1v) is 7.13. The molecule has 1 saturated carbocycles. The van der Waals surface area contributed by atoms with Crippen molar-refractivity contribution in [3.8, 4) is 0 Å². The molecule has 0 spiro atoms. The molecule has 1 heterocycles. The molecule has 2 atom stereocenters. The Kier molecular flexibility index (Phi) is 3.19. The molecule has 0 amide bonds. The molecule has 0 aromatic heterocycles. The van der Waals surface area contributed by atoms with Crippen molar-refractivity contribution in [2.75, 3.05) is 0 Å². The SMILES string of the molecule is CC1(C)OB(C2CC2c2ccc(F)c(F)c2F)OC1(C)C. The van der Waals surface area contributed by atoms with Crippen LogP contribution in [0.25, 0.3) is 0 Å². The summed E-state index contributed by atoms with van der Waals surface area (Å²) in [4.78, 5) is 0. The average Bonchev–Trinajstić information content (AvgIpc) is 3.10. The second-order valence-corrected chi connectivity index (χ2v) is 6.90. The Labute approximate surface area is 122 Å². The summed E-state index contributed by atoms with van der Waals surface area (Å²) in [5, 5.41) is 0. The van der Waals surface area contributed by atoms with Gasteiger partial charge in [-0.15, -0.1) is 0 Å². The maximum absolute atomic E-state index is 13.8. The molecule has 1 aromatic carbocycles. The maximum Gasteiger partial charge on any atom is 0.461 e. The molecule has 1 aliphatic heterocycles. The molecule has 1 saturated heterocycles. The van der Waals surface area contributed by atoms with Gasteiger partial charge >= 0.3 is 7.12 Å². The van der Waals surface area contributed by atoms with Crippen LogP contribution in [0.4, 0.5) is 13.2 Å². The highest BCUT2D eigenvalue weighted by atomic mass is 19.2. The van der Waals surface area contributed by atoms with E-state index in [9.17, 15) is 13.2 Å². The molecule has 0 N–H and O–H groups in total. The minimum Gasteiger partial charge on any atom is -0.403 e. The fourth-order valence-electron chi connectivity index (χ4n) is 2.76. The first-order chi connectivity index (χ1) is 9.64. The molecular weight excluding hydrogens is 280 g/mol. The van der Waals surface area contributed by atoms with Crippen molar-refractivity contribution < 1.29 is 22.5 Å². The average molecular weight is 298 g/mol. The van der Waals surface area contributed by atoms with E-state index in [-0.39, 0.29) is 17.3 Å². The van der Waals surface area contributed by atoms with Crippen LogP contribution in [0.5, 0.6) is 0 Å². The molecule has 21 heavy (non-hydrogen) atoms. The normalized spacial score (nSPS) is 29.8. The highest BCUT2D eigenvalue weighted by Gasteiger charge is 2.60. The number of rotatable bonds is 2. The Bertz CT molecular complexity index is 573. The molecule has 2 nitrogen and oxygen atoms in total. The number of hydrogen-bond donors (Lipinski definition) is 0. The van der Waals surface area contributed by atoms with Crippen LogP contribution in [0.3, 0.4) is 0 Å². The van der Waals surface area contributed by atoms with Gasteiger partial charge in [-0.05, 0) is 51.7 Å². The van der Waals surface area contributed by atoms with E-state index in [0.717, 1.165) is 6.07 Å². The van der Waals surface area contributed by atoms with Gasteiger partial charge in [0.2, 0.25) is 0 Å². The zero-order valence-electron chi connectivity index (χ0n) is 12.5. The van der Waals surface area contributed by atoms with Gasteiger partial charge in [-0.3, -0.25) is 0 Å². The van der Waals surface area contributed by atoms with Crippen LogP contribution in [0, 0.1) is 17.5 Å². The van der Waals surface area contributed by atoms with Gasteiger partial charge < -0.3 is 9.31 Å². The second kappa shape index (κ2) is 4.49. The predicted octanol–water partition coefficient (Wildman–Crippen LogP) is 4.05. The molecule has 1 aromatic rings. The van der Waals surface area contributed by atoms with Crippen molar-refractivity contribution in [2.24, 2.45) is 0 Å². The summed E-state index contributed by atoms with van der Waals surface area (Å²) in [6.45, 7) is 7.79. The first-order valence-electron chi connectivity index (χ1n) is 7.13. The highest BCUT2D eigenvalue weighted by Crippen LogP contribution is 2.58. The number of benzene rings is 1. The zero-order valence-corrected chi connectivity index (χ0v) is 12.5. The third kappa shape index (κ3) is 2.29. The Morgan fingerprint density at radius 3 is 2.14 bits per heavy atom. The number of hydrogen-bond acceptors (Lipinski definition) is 2. The van der Waals surface area contributed by atoms with E-state index in [1.54, 1.807) is 0 Å². The molecular formula is C15H18BF3O2. The van der Waals surface area contributed by atoms with Gasteiger partial charge in [-0.25, -0.2) is 13.2 Å². The van der Waals surface area contributed by atoms with E-state index >= 15 is 0 Å². The minimum atomic E-state index is -1.41. The van der Waals surface area contributed by atoms with E-state index in [4.69, 9.17) is 9.31 Å². The monoisotopic (exact) mass is 298 g/mol. The fourth-order valence-corrected chi connectivity index (χ4v) is 2.76. The number of halogens is 3. The van der Waals surface area contributed by atoms with Crippen molar-refractivity contribution >= 4 is 7.12 Å². The highest BCUT2D eigenvalue weighted by molar-refractivity contribution is 6.49. The maximum atomic E-state index is 13.8. The topological polar surface area (TPSA) is 18.5 Å². The Hall–Kier alpha value is -1.01. The summed E-state index contributed by atoms with van der Waals surface area (Å²) < 4.78 is 52.0. The standard InChI is InChI=1S/C15H18BF3O2/c1-14(2)15(3,4)21-16(20-14)10-7-9(10)8-5-6-11(17)13(19)12(8)18/h5-6,9-10H,7H2,1-4H3. The summed E-state index contributed by atoms with van der Waals surface area (Å²) in [7, 11) is -0.437. The largest absolute Gasteiger partial charge is 0.461 e. The van der Waals surface area contributed by atoms with E-state index in [1.165, 1.54) is 6.07 Å². The smallest absolute Gasteiger partial charge is 0.403 e. The van der Waals surface area contributed by atoms with Crippen LogP contribution in [-0.2, 0) is 9.31 Å². The summed E-state index contributed by atoms with van der Waals surface area (Å²) >= 11 is 0.